The molecule has 6 aliphatic carbocycles. The zero-order valence-corrected chi connectivity index (χ0v) is 61.0. The van der Waals surface area contributed by atoms with Crippen LogP contribution < -0.4 is 20.0 Å². The molecule has 0 radical (unpaired) electrons. The van der Waals surface area contributed by atoms with Crippen LogP contribution in [0.25, 0.3) is 52.0 Å². The van der Waals surface area contributed by atoms with Crippen LogP contribution >= 0.6 is 0 Å². The van der Waals surface area contributed by atoms with Crippen LogP contribution in [0.1, 0.15) is 192 Å². The van der Waals surface area contributed by atoms with E-state index in [9.17, 15) is 30.2 Å². The number of nitrogens with zero attached hydrogens (tertiary/aromatic N) is 17. The molecule has 11 aliphatic rings. The van der Waals surface area contributed by atoms with Crippen LogP contribution in [0, 0.1) is 51.7 Å². The molecule has 5 atom stereocenters. The van der Waals surface area contributed by atoms with Gasteiger partial charge in [0.05, 0.1) is 107 Å². The van der Waals surface area contributed by atoms with Crippen molar-refractivity contribution in [1.29, 1.82) is 15.8 Å². The molecule has 550 valence electrons. The predicted molar refractivity (Wildman–Crippen MR) is 401 cm³/mol. The summed E-state index contributed by atoms with van der Waals surface area (Å²) in [7, 11) is 0. The maximum absolute atomic E-state index is 13.1. The smallest absolute Gasteiger partial charge is 0.410 e. The van der Waals surface area contributed by atoms with Gasteiger partial charge < -0.3 is 49.1 Å². The Morgan fingerprint density at radius 2 is 0.925 bits per heavy atom. The Bertz CT molecular complexity index is 4430. The molecule has 0 bridgehead atoms. The van der Waals surface area contributed by atoms with Crippen LogP contribution in [0.2, 0.25) is 0 Å². The first-order chi connectivity index (χ1) is 51.5. The van der Waals surface area contributed by atoms with Crippen LogP contribution in [0.3, 0.4) is 0 Å². The highest BCUT2D eigenvalue weighted by molar-refractivity contribution is 5.79. The lowest BCUT2D eigenvalue weighted by Gasteiger charge is -2.43. The molecule has 17 rings (SSSR count). The molecule has 0 unspecified atom stereocenters. The average Bonchev–Trinajstić information content (AvgIpc) is 1.11. The van der Waals surface area contributed by atoms with Crippen molar-refractivity contribution in [3.8, 4) is 52.0 Å². The van der Waals surface area contributed by atoms with Crippen molar-refractivity contribution in [3.05, 3.63) is 125 Å². The number of hydrogen-bond acceptors (Lipinski definition) is 22. The fourth-order valence-corrected chi connectivity index (χ4v) is 14.8. The minimum Gasteiger partial charge on any atom is -0.481 e. The van der Waals surface area contributed by atoms with E-state index in [0.29, 0.717) is 103 Å². The Hall–Kier alpha value is -10.1. The van der Waals surface area contributed by atoms with Crippen molar-refractivity contribution in [2.75, 3.05) is 86.8 Å². The molecule has 0 spiro atoms. The standard InChI is InChI=1S/C27H30N6O2.C27H32N6O2.C22H24N6.C5H8O3/c1-2-17-11-23(31-29-15-17)22-12-20(14-28)27(30-26(22)19-5-6-19)32-8-9-33(24(16-32)18-3-4-18)25(34)13-21-7-10-35-21;1-5-17-12-22(31-29-15-17)21-13-20(14-28)25(30-24(21)19-8-9-19)32-10-11-33(23(16-32)18-6-7-18)26(34)35-27(2,3)4;1-2-14-9-19(27-25-12-14)18-10-17(11-23)22(26-21(18)16-5-6-16)28-8-7-24-20(13-28)15-3-4-15;6-5(7)3-4-1-2-8-4/h2,11-12,15,18-19,21,24H,1,3-10,13,16H2;5,12-13,15,18-19,23H,1,6-11,16H2,2-4H3;2,9-10,12,15-16,20,24H,1,3-8,13H2;4H,1-3H2,(H,6,7)/t21-,24+;23-;20-;4-/m1001/s1. The summed E-state index contributed by atoms with van der Waals surface area (Å²) in [5.74, 6) is 4.72. The summed E-state index contributed by atoms with van der Waals surface area (Å²) >= 11 is 0. The van der Waals surface area contributed by atoms with Crippen LogP contribution in [0.4, 0.5) is 22.2 Å². The van der Waals surface area contributed by atoms with Gasteiger partial charge in [-0.25, -0.2) is 19.7 Å². The number of amides is 2. The van der Waals surface area contributed by atoms with Crippen LogP contribution in [-0.4, -0.2) is 186 Å². The maximum Gasteiger partial charge on any atom is 0.410 e. The fraction of sp³-hybridized carbons (Fsp3) is 0.519. The number of rotatable bonds is 19. The Balaban J connectivity index is 0.000000127. The van der Waals surface area contributed by atoms with E-state index in [1.54, 1.807) is 36.8 Å². The number of carboxylic acids is 1. The van der Waals surface area contributed by atoms with Gasteiger partial charge in [-0.3, -0.25) is 9.59 Å². The van der Waals surface area contributed by atoms with Gasteiger partial charge in [0.1, 0.15) is 41.3 Å². The summed E-state index contributed by atoms with van der Waals surface area (Å²) in [6.07, 6.45) is 26.5. The second kappa shape index (κ2) is 31.9. The minimum atomic E-state index is -0.769. The van der Waals surface area contributed by atoms with E-state index in [1.807, 2.05) is 62.1 Å². The van der Waals surface area contributed by atoms with E-state index in [1.165, 1.54) is 12.8 Å². The van der Waals surface area contributed by atoms with E-state index in [2.05, 4.69) is 93.5 Å². The van der Waals surface area contributed by atoms with Gasteiger partial charge in [0.15, 0.2) is 0 Å². The second-order valence-corrected chi connectivity index (χ2v) is 30.9. The lowest BCUT2D eigenvalue weighted by atomic mass is 10.0. The molecule has 11 fully saturated rings. The summed E-state index contributed by atoms with van der Waals surface area (Å²) in [6, 6.07) is 19.6. The number of ether oxygens (including phenoxy) is 3. The molecule has 2 amide bonds. The van der Waals surface area contributed by atoms with Crippen LogP contribution in [0.15, 0.2) is 74.7 Å². The van der Waals surface area contributed by atoms with Gasteiger partial charge in [-0.1, -0.05) is 38.0 Å². The van der Waals surface area contributed by atoms with Crippen molar-refractivity contribution < 1.29 is 33.7 Å². The molecule has 0 aromatic carbocycles. The van der Waals surface area contributed by atoms with Crippen LogP contribution in [0.5, 0.6) is 0 Å². The Morgan fingerprint density at radius 3 is 1.26 bits per heavy atom. The summed E-state index contributed by atoms with van der Waals surface area (Å²) in [5, 5.41) is 67.2. The molecule has 2 N–H and O–H groups in total. The van der Waals surface area contributed by atoms with Gasteiger partial charge in [-0.2, -0.15) is 46.4 Å². The molecule has 5 saturated heterocycles. The van der Waals surface area contributed by atoms with Crippen molar-refractivity contribution in [1.82, 2.24) is 60.7 Å². The van der Waals surface area contributed by atoms with E-state index in [-0.39, 0.29) is 42.7 Å². The van der Waals surface area contributed by atoms with E-state index in [0.717, 1.165) is 196 Å². The van der Waals surface area contributed by atoms with Gasteiger partial charge >= 0.3 is 12.1 Å². The Morgan fingerprint density at radius 1 is 0.538 bits per heavy atom. The number of hydrogen-bond donors (Lipinski definition) is 2. The van der Waals surface area contributed by atoms with E-state index >= 15 is 0 Å². The number of piperazine rings is 3. The van der Waals surface area contributed by atoms with Crippen molar-refractivity contribution in [2.45, 2.75) is 177 Å². The Kier molecular flexibility index (Phi) is 21.9. The van der Waals surface area contributed by atoms with E-state index in [4.69, 9.17) is 34.3 Å². The third-order valence-electron chi connectivity index (χ3n) is 21.7. The summed E-state index contributed by atoms with van der Waals surface area (Å²) in [6.45, 7) is 25.3. The molecule has 106 heavy (non-hydrogen) atoms. The van der Waals surface area contributed by atoms with Crippen molar-refractivity contribution in [3.63, 3.8) is 0 Å². The number of carboxylic acid groups (broad SMARTS) is 1. The molecule has 6 aromatic heterocycles. The molecule has 11 heterocycles. The second-order valence-electron chi connectivity index (χ2n) is 30.9. The minimum absolute atomic E-state index is 0.00694. The first-order valence-electron chi connectivity index (χ1n) is 37.9. The molecular weight excluding hydrogens is 1340 g/mol. The number of carbonyl (C=O) groups excluding carboxylic acids is 2. The van der Waals surface area contributed by atoms with Gasteiger partial charge in [-0.05, 0) is 182 Å². The Labute approximate surface area is 619 Å². The molecule has 5 aliphatic heterocycles. The van der Waals surface area contributed by atoms with Gasteiger partial charge in [-0.15, -0.1) is 0 Å². The zero-order chi connectivity index (χ0) is 73.8. The number of anilines is 3. The van der Waals surface area contributed by atoms with Gasteiger partial charge in [0.25, 0.3) is 0 Å². The highest BCUT2D eigenvalue weighted by Crippen LogP contribution is 2.49. The first kappa shape index (κ1) is 72.8. The van der Waals surface area contributed by atoms with Gasteiger partial charge in [0.2, 0.25) is 5.91 Å². The fourth-order valence-electron chi connectivity index (χ4n) is 14.8. The van der Waals surface area contributed by atoms with E-state index < -0.39 is 11.6 Å². The molecule has 6 saturated carbocycles. The SMILES string of the molecule is C=Cc1cnnc(-c2cc(C#N)c(N3CCN(C(=O)C[C@H]4CCO4)[C@H](C4CC4)C3)nc2C2CC2)c1.C=Cc1cnnc(-c2cc(C#N)c(N3CCN(C(=O)OC(C)(C)C)[C@H](C4CC4)C3)nc2C2CC2)c1.C=Cc1cnnc(-c2cc(C#N)c(N3CCN[C@H](C4CC4)C3)nc2C2CC2)c1.O=C(O)C[C@H]1CCO1. The lowest BCUT2D eigenvalue weighted by Crippen LogP contribution is -2.57. The molecule has 25 heteroatoms. The largest absolute Gasteiger partial charge is 0.481 e. The third kappa shape index (κ3) is 17.5. The number of pyridine rings is 3. The molecule has 25 nitrogen and oxygen atoms in total. The summed E-state index contributed by atoms with van der Waals surface area (Å²) < 4.78 is 16.1. The number of carbonyl (C=O) groups is 3. The summed E-state index contributed by atoms with van der Waals surface area (Å²) in [5.41, 5.74) is 11.8. The average molecular weight is 1430 g/mol. The van der Waals surface area contributed by atoms with Gasteiger partial charge in [0, 0.05) is 113 Å². The third-order valence-corrected chi connectivity index (χ3v) is 21.7. The predicted octanol–water partition coefficient (Wildman–Crippen LogP) is 11.7. The topological polar surface area (TPSA) is 315 Å². The number of nitrogens with one attached hydrogen (secondary N) is 1. The maximum atomic E-state index is 13.1. The lowest BCUT2D eigenvalue weighted by molar-refractivity contribution is -0.145. The zero-order valence-electron chi connectivity index (χ0n) is 61.0. The molecular formula is C81H94N18O7. The monoisotopic (exact) mass is 1430 g/mol. The number of nitriles is 3. The number of aromatic nitrogens is 9. The normalized spacial score (nSPS) is 22.5. The number of aliphatic carboxylic acids is 1. The van der Waals surface area contributed by atoms with Crippen molar-refractivity contribution in [2.24, 2.45) is 17.8 Å². The highest BCUT2D eigenvalue weighted by Gasteiger charge is 2.46. The highest BCUT2D eigenvalue weighted by atomic mass is 16.6. The van der Waals surface area contributed by atoms with Crippen LogP contribution in [-0.2, 0) is 23.8 Å². The summed E-state index contributed by atoms with van der Waals surface area (Å²) in [4.78, 5) is 61.8. The quantitative estimate of drug-likeness (QED) is 0.0761. The van der Waals surface area contributed by atoms with Crippen molar-refractivity contribution >= 4 is 53.7 Å². The first-order valence-corrected chi connectivity index (χ1v) is 37.9. The molecule has 6 aromatic rings.